The lowest BCUT2D eigenvalue weighted by Gasteiger charge is -2.34. The molecular weight excluding hydrogens is 340 g/mol. The molecule has 2 heterocycles. The average Bonchev–Trinajstić information content (AvgIpc) is 3.21. The van der Waals surface area contributed by atoms with Crippen molar-refractivity contribution >= 4 is 21.7 Å². The number of hydrogen-bond donors (Lipinski definition) is 0. The second-order valence-electron chi connectivity index (χ2n) is 6.93. The third-order valence-corrected chi connectivity index (χ3v) is 6.37. The Morgan fingerprint density at radius 1 is 0.960 bits per heavy atom. The molecule has 6 nitrogen and oxygen atoms in total. The van der Waals surface area contributed by atoms with Crippen LogP contribution in [-0.4, -0.2) is 61.5 Å². The normalized spacial score (nSPS) is 23.9. The highest BCUT2D eigenvalue weighted by Gasteiger charge is 2.40. The van der Waals surface area contributed by atoms with E-state index in [-0.39, 0.29) is 28.8 Å². The van der Waals surface area contributed by atoms with Crippen molar-refractivity contribution in [2.45, 2.75) is 49.6 Å². The first-order chi connectivity index (χ1) is 11.8. The van der Waals surface area contributed by atoms with Crippen LogP contribution in [0.15, 0.2) is 29.2 Å². The molecular formula is C18H24N2O4S. The van der Waals surface area contributed by atoms with E-state index in [4.69, 9.17) is 0 Å². The van der Waals surface area contributed by atoms with Crippen LogP contribution in [0.2, 0.25) is 0 Å². The summed E-state index contributed by atoms with van der Waals surface area (Å²) < 4.78 is 23.1. The van der Waals surface area contributed by atoms with Gasteiger partial charge in [0.1, 0.15) is 0 Å². The SMILES string of the molecule is CC(=O)N1CCC[C@@H]1[C@@H]1CCCN1C(=O)c1ccc(S(C)(=O)=O)cc1. The molecule has 1 aromatic carbocycles. The number of carbonyl (C=O) groups excluding carboxylic acids is 2. The molecule has 0 N–H and O–H groups in total. The summed E-state index contributed by atoms with van der Waals surface area (Å²) >= 11 is 0. The maximum atomic E-state index is 12.9. The third-order valence-electron chi connectivity index (χ3n) is 5.24. The van der Waals surface area contributed by atoms with Crippen LogP contribution in [0, 0.1) is 0 Å². The number of hydrogen-bond acceptors (Lipinski definition) is 4. The number of carbonyl (C=O) groups is 2. The van der Waals surface area contributed by atoms with E-state index in [1.54, 1.807) is 19.1 Å². The van der Waals surface area contributed by atoms with Crippen molar-refractivity contribution in [2.24, 2.45) is 0 Å². The molecule has 0 saturated carbocycles. The summed E-state index contributed by atoms with van der Waals surface area (Å²) in [7, 11) is -3.27. The Hall–Kier alpha value is -1.89. The minimum atomic E-state index is -3.27. The van der Waals surface area contributed by atoms with E-state index in [1.165, 1.54) is 12.1 Å². The van der Waals surface area contributed by atoms with Crippen molar-refractivity contribution in [3.63, 3.8) is 0 Å². The summed E-state index contributed by atoms with van der Waals surface area (Å²) in [5, 5.41) is 0. The number of amides is 2. The van der Waals surface area contributed by atoms with Crippen LogP contribution in [0.3, 0.4) is 0 Å². The summed E-state index contributed by atoms with van der Waals surface area (Å²) in [5.41, 5.74) is 0.492. The quantitative estimate of drug-likeness (QED) is 0.818. The van der Waals surface area contributed by atoms with Crippen molar-refractivity contribution in [1.82, 2.24) is 9.80 Å². The topological polar surface area (TPSA) is 74.8 Å². The molecule has 2 aliphatic heterocycles. The van der Waals surface area contributed by atoms with Crippen molar-refractivity contribution in [3.05, 3.63) is 29.8 Å². The van der Waals surface area contributed by atoms with Crippen LogP contribution in [0.4, 0.5) is 0 Å². The second-order valence-corrected chi connectivity index (χ2v) is 8.94. The van der Waals surface area contributed by atoms with Gasteiger partial charge in [-0.1, -0.05) is 0 Å². The lowest BCUT2D eigenvalue weighted by atomic mass is 10.0. The smallest absolute Gasteiger partial charge is 0.254 e. The lowest BCUT2D eigenvalue weighted by Crippen LogP contribution is -2.49. The highest BCUT2D eigenvalue weighted by Crippen LogP contribution is 2.31. The highest BCUT2D eigenvalue weighted by molar-refractivity contribution is 7.90. The molecule has 136 valence electrons. The van der Waals surface area contributed by atoms with Crippen LogP contribution < -0.4 is 0 Å². The first-order valence-electron chi connectivity index (χ1n) is 8.67. The molecule has 2 atom stereocenters. The lowest BCUT2D eigenvalue weighted by molar-refractivity contribution is -0.130. The molecule has 3 rings (SSSR count). The fraction of sp³-hybridized carbons (Fsp3) is 0.556. The first-order valence-corrected chi connectivity index (χ1v) is 10.6. The van der Waals surface area contributed by atoms with Gasteiger partial charge in [-0.3, -0.25) is 9.59 Å². The molecule has 2 amide bonds. The number of nitrogens with zero attached hydrogens (tertiary/aromatic N) is 2. The number of rotatable bonds is 3. The van der Waals surface area contributed by atoms with Gasteiger partial charge in [0.05, 0.1) is 17.0 Å². The minimum Gasteiger partial charge on any atom is -0.338 e. The van der Waals surface area contributed by atoms with Crippen LogP contribution >= 0.6 is 0 Å². The van der Waals surface area contributed by atoms with Crippen LogP contribution in [0.25, 0.3) is 0 Å². The van der Waals surface area contributed by atoms with Crippen molar-refractivity contribution in [2.75, 3.05) is 19.3 Å². The Balaban J connectivity index is 1.80. The molecule has 2 fully saturated rings. The Labute approximate surface area is 148 Å². The number of likely N-dealkylation sites (tertiary alicyclic amines) is 2. The van der Waals surface area contributed by atoms with Crippen molar-refractivity contribution < 1.29 is 18.0 Å². The van der Waals surface area contributed by atoms with Gasteiger partial charge in [-0.25, -0.2) is 8.42 Å². The van der Waals surface area contributed by atoms with E-state index in [0.717, 1.165) is 38.5 Å². The Morgan fingerprint density at radius 3 is 2.00 bits per heavy atom. The van der Waals surface area contributed by atoms with E-state index in [1.807, 2.05) is 9.80 Å². The summed E-state index contributed by atoms with van der Waals surface area (Å²) in [6.45, 7) is 3.03. The maximum Gasteiger partial charge on any atom is 0.254 e. The second kappa shape index (κ2) is 6.78. The van der Waals surface area contributed by atoms with Gasteiger partial charge in [0.2, 0.25) is 5.91 Å². The summed E-state index contributed by atoms with van der Waals surface area (Å²) in [4.78, 5) is 28.7. The standard InChI is InChI=1S/C18H24N2O4S/c1-13(21)19-11-3-5-16(19)17-6-4-12-20(17)18(22)14-7-9-15(10-8-14)25(2,23)24/h7-10,16-17H,3-6,11-12H2,1-2H3/t16-,17+/m1/s1. The largest absolute Gasteiger partial charge is 0.338 e. The van der Waals surface area contributed by atoms with Crippen LogP contribution in [0.5, 0.6) is 0 Å². The molecule has 2 saturated heterocycles. The first kappa shape index (κ1) is 17.9. The van der Waals surface area contributed by atoms with E-state index in [9.17, 15) is 18.0 Å². The van der Waals surface area contributed by atoms with Crippen molar-refractivity contribution in [3.8, 4) is 0 Å². The molecule has 0 spiro atoms. The van der Waals surface area contributed by atoms with E-state index >= 15 is 0 Å². The third kappa shape index (κ3) is 3.56. The van der Waals surface area contributed by atoms with Gasteiger partial charge in [-0.15, -0.1) is 0 Å². The fourth-order valence-electron chi connectivity index (χ4n) is 4.04. The van der Waals surface area contributed by atoms with Gasteiger partial charge >= 0.3 is 0 Å². The summed E-state index contributed by atoms with van der Waals surface area (Å²) in [5.74, 6) is -0.0164. The zero-order chi connectivity index (χ0) is 18.2. The number of sulfone groups is 1. The van der Waals surface area contributed by atoms with E-state index in [0.29, 0.717) is 12.1 Å². The predicted octanol–water partition coefficient (Wildman–Crippen LogP) is 1.71. The molecule has 0 bridgehead atoms. The van der Waals surface area contributed by atoms with Crippen molar-refractivity contribution in [1.29, 1.82) is 0 Å². The molecule has 0 aromatic heterocycles. The van der Waals surface area contributed by atoms with E-state index < -0.39 is 9.84 Å². The Morgan fingerprint density at radius 2 is 1.48 bits per heavy atom. The highest BCUT2D eigenvalue weighted by atomic mass is 32.2. The summed E-state index contributed by atoms with van der Waals surface area (Å²) in [6, 6.07) is 6.25. The molecule has 0 radical (unpaired) electrons. The molecule has 1 aromatic rings. The molecule has 2 aliphatic rings. The molecule has 7 heteroatoms. The van der Waals surface area contributed by atoms with Gasteiger partial charge in [-0.2, -0.15) is 0 Å². The minimum absolute atomic E-state index is 0.0495. The maximum absolute atomic E-state index is 12.9. The fourth-order valence-corrected chi connectivity index (χ4v) is 4.67. The van der Waals surface area contributed by atoms with Gasteiger partial charge in [-0.05, 0) is 49.9 Å². The number of benzene rings is 1. The Kier molecular flexibility index (Phi) is 4.86. The zero-order valence-corrected chi connectivity index (χ0v) is 15.5. The van der Waals surface area contributed by atoms with Gasteiger partial charge in [0.15, 0.2) is 9.84 Å². The molecule has 25 heavy (non-hydrogen) atoms. The molecule has 0 aliphatic carbocycles. The average molecular weight is 364 g/mol. The van der Waals surface area contributed by atoms with Gasteiger partial charge in [0, 0.05) is 31.8 Å². The zero-order valence-electron chi connectivity index (χ0n) is 14.6. The van der Waals surface area contributed by atoms with Crippen LogP contribution in [0.1, 0.15) is 43.0 Å². The Bertz CT molecular complexity index is 773. The monoisotopic (exact) mass is 364 g/mol. The molecule has 0 unspecified atom stereocenters. The predicted molar refractivity (Wildman–Crippen MR) is 94.0 cm³/mol. The van der Waals surface area contributed by atoms with E-state index in [2.05, 4.69) is 0 Å². The van der Waals surface area contributed by atoms with Gasteiger partial charge < -0.3 is 9.80 Å². The van der Waals surface area contributed by atoms with Crippen LogP contribution in [-0.2, 0) is 14.6 Å². The summed E-state index contributed by atoms with van der Waals surface area (Å²) in [6.07, 6.45) is 4.89. The van der Waals surface area contributed by atoms with Gasteiger partial charge in [0.25, 0.3) is 5.91 Å².